The molecule has 0 aliphatic carbocycles. The van der Waals surface area contributed by atoms with Gasteiger partial charge in [0, 0.05) is 0 Å². The number of thiophene rings is 1. The molecule has 8 nitrogen and oxygen atoms in total. The number of amides is 1. The molecule has 0 saturated heterocycles. The Bertz CT molecular complexity index is 571. The molecule has 0 aliphatic heterocycles. The van der Waals surface area contributed by atoms with E-state index < -0.39 is 12.0 Å². The molecule has 18 heavy (non-hydrogen) atoms. The average Bonchev–Trinajstić information content (AvgIpc) is 2.83. The minimum atomic E-state index is -1.28. The van der Waals surface area contributed by atoms with Gasteiger partial charge in [-0.25, -0.2) is 10.8 Å². The first-order chi connectivity index (χ1) is 8.61. The summed E-state index contributed by atoms with van der Waals surface area (Å²) in [7, 11) is 0. The summed E-state index contributed by atoms with van der Waals surface area (Å²) in [6.07, 6.45) is -1.28. The normalized spacial score (nSPS) is 12.3. The largest absolute Gasteiger partial charge is 0.381 e. The van der Waals surface area contributed by atoms with Crippen molar-refractivity contribution in [1.82, 2.24) is 9.97 Å². The molecule has 9 heteroatoms. The molecule has 0 aliphatic rings. The molecule has 1 amide bonds. The summed E-state index contributed by atoms with van der Waals surface area (Å²) in [5, 5.41) is 14.8. The van der Waals surface area contributed by atoms with Gasteiger partial charge >= 0.3 is 0 Å². The summed E-state index contributed by atoms with van der Waals surface area (Å²) in [6, 6.07) is 1.83. The molecule has 1 atom stereocenters. The van der Waals surface area contributed by atoms with E-state index in [1.807, 2.05) is 11.4 Å². The van der Waals surface area contributed by atoms with Gasteiger partial charge in [-0.15, -0.1) is 11.3 Å². The number of nitrogens with one attached hydrogen (secondary N) is 2. The molecule has 2 aromatic rings. The predicted octanol–water partition coefficient (Wildman–Crippen LogP) is -0.765. The van der Waals surface area contributed by atoms with Gasteiger partial charge in [-0.05, 0) is 11.4 Å². The lowest BCUT2D eigenvalue weighted by Crippen LogP contribution is -2.34. The highest BCUT2D eigenvalue weighted by molar-refractivity contribution is 7.16. The van der Waals surface area contributed by atoms with Crippen molar-refractivity contribution in [2.24, 2.45) is 11.6 Å². The van der Waals surface area contributed by atoms with E-state index >= 15 is 0 Å². The van der Waals surface area contributed by atoms with Crippen molar-refractivity contribution in [2.45, 2.75) is 6.10 Å². The van der Waals surface area contributed by atoms with E-state index in [0.717, 1.165) is 10.2 Å². The summed E-state index contributed by atoms with van der Waals surface area (Å²) in [6.45, 7) is -0.0265. The Labute approximate surface area is 106 Å². The lowest BCUT2D eigenvalue weighted by Gasteiger charge is -2.10. The summed E-state index contributed by atoms with van der Waals surface area (Å²) >= 11 is 1.43. The van der Waals surface area contributed by atoms with E-state index in [1.165, 1.54) is 11.3 Å². The van der Waals surface area contributed by atoms with E-state index in [0.29, 0.717) is 5.82 Å². The molecule has 1 unspecified atom stereocenters. The first-order valence-electron chi connectivity index (χ1n) is 5.05. The molecule has 2 rings (SSSR count). The highest BCUT2D eigenvalue weighted by Gasteiger charge is 2.13. The third-order valence-electron chi connectivity index (χ3n) is 2.25. The van der Waals surface area contributed by atoms with E-state index in [4.69, 9.17) is 11.6 Å². The molecule has 7 N–H and O–H groups in total. The van der Waals surface area contributed by atoms with Gasteiger partial charge in [-0.3, -0.25) is 10.2 Å². The van der Waals surface area contributed by atoms with Gasteiger partial charge in [0.2, 0.25) is 11.9 Å². The highest BCUT2D eigenvalue weighted by atomic mass is 32.1. The molecule has 2 heterocycles. The monoisotopic (exact) mass is 268 g/mol. The molecule has 0 radical (unpaired) electrons. The van der Waals surface area contributed by atoms with Crippen LogP contribution >= 0.6 is 11.3 Å². The Morgan fingerprint density at radius 3 is 3.00 bits per heavy atom. The van der Waals surface area contributed by atoms with Crippen molar-refractivity contribution in [1.29, 1.82) is 0 Å². The zero-order chi connectivity index (χ0) is 13.1. The SMILES string of the molecule is NNc1nc(NCC(O)C(N)=O)c2ccsc2n1. The zero-order valence-corrected chi connectivity index (χ0v) is 10.1. The maximum atomic E-state index is 10.7. The number of fused-ring (bicyclic) bond motifs is 1. The molecule has 96 valence electrons. The Balaban J connectivity index is 2.25. The maximum Gasteiger partial charge on any atom is 0.248 e. The van der Waals surface area contributed by atoms with Crippen molar-refractivity contribution in [3.05, 3.63) is 11.4 Å². The van der Waals surface area contributed by atoms with Crippen molar-refractivity contribution in [2.75, 3.05) is 17.3 Å². The number of rotatable bonds is 5. The molecule has 0 aromatic carbocycles. The van der Waals surface area contributed by atoms with Crippen LogP contribution in [0.1, 0.15) is 0 Å². The topological polar surface area (TPSA) is 139 Å². The lowest BCUT2D eigenvalue weighted by atomic mass is 10.3. The van der Waals surface area contributed by atoms with Gasteiger partial charge in [0.1, 0.15) is 16.8 Å². The van der Waals surface area contributed by atoms with Gasteiger partial charge < -0.3 is 16.2 Å². The quantitative estimate of drug-likeness (QED) is 0.354. The number of carbonyl (C=O) groups excluding carboxylic acids is 1. The highest BCUT2D eigenvalue weighted by Crippen LogP contribution is 2.26. The molecule has 0 saturated carbocycles. The van der Waals surface area contributed by atoms with Gasteiger partial charge in [0.15, 0.2) is 0 Å². The van der Waals surface area contributed by atoms with Crippen LogP contribution in [0, 0.1) is 0 Å². The number of nitrogens with zero attached hydrogens (tertiary/aromatic N) is 2. The number of hydrogen-bond acceptors (Lipinski definition) is 8. The third kappa shape index (κ3) is 2.47. The number of aliphatic hydroxyl groups is 1. The fraction of sp³-hybridized carbons (Fsp3) is 0.222. The standard InChI is InChI=1S/C9H12N6O2S/c10-6(17)5(16)3-12-7-4-1-2-18-8(4)14-9(13-7)15-11/h1-2,5,16H,3,11H2,(H2,10,17)(H2,12,13,14,15). The Morgan fingerprint density at radius 1 is 1.56 bits per heavy atom. The second-order valence-electron chi connectivity index (χ2n) is 3.48. The number of hydrogen-bond donors (Lipinski definition) is 5. The molecule has 2 aromatic heterocycles. The fourth-order valence-corrected chi connectivity index (χ4v) is 2.11. The van der Waals surface area contributed by atoms with Crippen LogP contribution in [0.5, 0.6) is 0 Å². The fourth-order valence-electron chi connectivity index (χ4n) is 1.35. The van der Waals surface area contributed by atoms with E-state index in [-0.39, 0.29) is 12.5 Å². The van der Waals surface area contributed by atoms with Gasteiger partial charge in [0.05, 0.1) is 11.9 Å². The number of nitrogens with two attached hydrogens (primary N) is 2. The number of carbonyl (C=O) groups is 1. The Kier molecular flexibility index (Phi) is 3.55. The van der Waals surface area contributed by atoms with Gasteiger partial charge in [-0.1, -0.05) is 0 Å². The Morgan fingerprint density at radius 2 is 2.33 bits per heavy atom. The third-order valence-corrected chi connectivity index (χ3v) is 3.05. The van der Waals surface area contributed by atoms with Gasteiger partial charge in [-0.2, -0.15) is 4.98 Å². The number of anilines is 2. The summed E-state index contributed by atoms with van der Waals surface area (Å²) in [5.41, 5.74) is 7.31. The summed E-state index contributed by atoms with van der Waals surface area (Å²) < 4.78 is 0. The Hall–Kier alpha value is -1.97. The number of hydrazine groups is 1. The van der Waals surface area contributed by atoms with Crippen molar-refractivity contribution < 1.29 is 9.90 Å². The smallest absolute Gasteiger partial charge is 0.248 e. The predicted molar refractivity (Wildman–Crippen MR) is 68.9 cm³/mol. The number of aliphatic hydroxyl groups excluding tert-OH is 1. The first kappa shape index (κ1) is 12.5. The van der Waals surface area contributed by atoms with Crippen LogP contribution in [0.2, 0.25) is 0 Å². The van der Waals surface area contributed by atoms with Crippen LogP contribution in [0.4, 0.5) is 11.8 Å². The molecular formula is C9H12N6O2S. The minimum absolute atomic E-state index is 0.0265. The van der Waals surface area contributed by atoms with Crippen molar-refractivity contribution >= 4 is 39.2 Å². The van der Waals surface area contributed by atoms with Crippen LogP contribution < -0.4 is 22.3 Å². The molecule has 0 bridgehead atoms. The van der Waals surface area contributed by atoms with Crippen LogP contribution in [-0.2, 0) is 4.79 Å². The van der Waals surface area contributed by atoms with E-state index in [1.54, 1.807) is 0 Å². The molecular weight excluding hydrogens is 256 g/mol. The van der Waals surface area contributed by atoms with Crippen molar-refractivity contribution in [3.63, 3.8) is 0 Å². The number of aromatic nitrogens is 2. The minimum Gasteiger partial charge on any atom is -0.381 e. The molecule has 0 spiro atoms. The van der Waals surface area contributed by atoms with Crippen molar-refractivity contribution in [3.8, 4) is 0 Å². The van der Waals surface area contributed by atoms with Crippen LogP contribution in [-0.4, -0.2) is 33.6 Å². The first-order valence-corrected chi connectivity index (χ1v) is 5.93. The van der Waals surface area contributed by atoms with Gasteiger partial charge in [0.25, 0.3) is 0 Å². The van der Waals surface area contributed by atoms with Crippen LogP contribution in [0.3, 0.4) is 0 Å². The number of nitrogen functional groups attached to an aromatic ring is 1. The maximum absolute atomic E-state index is 10.7. The van der Waals surface area contributed by atoms with E-state index in [2.05, 4.69) is 20.7 Å². The summed E-state index contributed by atoms with van der Waals surface area (Å²) in [5.74, 6) is 5.20. The molecule has 0 fully saturated rings. The second kappa shape index (κ2) is 5.12. The number of primary amides is 1. The second-order valence-corrected chi connectivity index (χ2v) is 4.37. The van der Waals surface area contributed by atoms with Crippen LogP contribution in [0.15, 0.2) is 11.4 Å². The van der Waals surface area contributed by atoms with E-state index in [9.17, 15) is 9.90 Å². The lowest BCUT2D eigenvalue weighted by molar-refractivity contribution is -0.125. The average molecular weight is 268 g/mol. The zero-order valence-electron chi connectivity index (χ0n) is 9.25. The van der Waals surface area contributed by atoms with Crippen LogP contribution in [0.25, 0.3) is 10.2 Å². The summed E-state index contributed by atoms with van der Waals surface area (Å²) in [4.78, 5) is 19.7.